The smallest absolute Gasteiger partial charge is 0.325 e. The zero-order valence-corrected chi connectivity index (χ0v) is 15.0. The molecular weight excluding hydrogens is 356 g/mol. The Kier molecular flexibility index (Phi) is 7.17. The summed E-state index contributed by atoms with van der Waals surface area (Å²) in [6.45, 7) is 1.09. The van der Waals surface area contributed by atoms with Crippen LogP contribution in [0.1, 0.15) is 28.9 Å². The predicted molar refractivity (Wildman–Crippen MR) is 97.7 cm³/mol. The second-order valence-electron chi connectivity index (χ2n) is 5.55. The third kappa shape index (κ3) is 6.22. The minimum atomic E-state index is -0.699. The second kappa shape index (κ2) is 9.58. The van der Waals surface area contributed by atoms with Crippen LogP contribution in [0.4, 0.5) is 0 Å². The Morgan fingerprint density at radius 3 is 2.35 bits per heavy atom. The van der Waals surface area contributed by atoms with Crippen LogP contribution in [0, 0.1) is 0 Å². The lowest BCUT2D eigenvalue weighted by molar-refractivity contribution is -0.147. The summed E-state index contributed by atoms with van der Waals surface area (Å²) >= 11 is 5.75. The van der Waals surface area contributed by atoms with E-state index in [9.17, 15) is 14.4 Å². The van der Waals surface area contributed by atoms with E-state index < -0.39 is 24.4 Å². The van der Waals surface area contributed by atoms with Crippen molar-refractivity contribution >= 4 is 29.4 Å². The SMILES string of the molecule is CC(NC(=O)COC(=O)CNC(=O)c1ccc(Cl)cc1)c1ccccc1. The number of amides is 2. The van der Waals surface area contributed by atoms with E-state index in [2.05, 4.69) is 10.6 Å². The van der Waals surface area contributed by atoms with Crippen molar-refractivity contribution < 1.29 is 19.1 Å². The van der Waals surface area contributed by atoms with Crippen LogP contribution in [0.25, 0.3) is 0 Å². The summed E-state index contributed by atoms with van der Waals surface area (Å²) in [6, 6.07) is 15.5. The van der Waals surface area contributed by atoms with Gasteiger partial charge in [-0.05, 0) is 36.8 Å². The van der Waals surface area contributed by atoms with Gasteiger partial charge in [0.2, 0.25) is 0 Å². The van der Waals surface area contributed by atoms with E-state index in [1.165, 1.54) is 0 Å². The number of esters is 1. The summed E-state index contributed by atoms with van der Waals surface area (Å²) in [5.41, 5.74) is 1.32. The van der Waals surface area contributed by atoms with Crippen LogP contribution in [0.15, 0.2) is 54.6 Å². The van der Waals surface area contributed by atoms with Crippen LogP contribution in [0.3, 0.4) is 0 Å². The first-order valence-electron chi connectivity index (χ1n) is 7.99. The lowest BCUT2D eigenvalue weighted by Crippen LogP contribution is -2.34. The molecule has 136 valence electrons. The van der Waals surface area contributed by atoms with E-state index in [0.717, 1.165) is 5.56 Å². The Bertz CT molecular complexity index is 763. The molecule has 0 bridgehead atoms. The molecule has 2 aromatic carbocycles. The monoisotopic (exact) mass is 374 g/mol. The van der Waals surface area contributed by atoms with Gasteiger partial charge in [-0.25, -0.2) is 0 Å². The maximum absolute atomic E-state index is 11.9. The lowest BCUT2D eigenvalue weighted by atomic mass is 10.1. The Balaban J connectivity index is 1.70. The standard InChI is InChI=1S/C19H19ClN2O4/c1-13(14-5-3-2-4-6-14)22-17(23)12-26-18(24)11-21-19(25)15-7-9-16(20)10-8-15/h2-10,13H,11-12H2,1H3,(H,21,25)(H,22,23). The number of carbonyl (C=O) groups excluding carboxylic acids is 3. The molecule has 0 fully saturated rings. The van der Waals surface area contributed by atoms with Crippen LogP contribution >= 0.6 is 11.6 Å². The zero-order chi connectivity index (χ0) is 18.9. The molecule has 0 aliphatic carbocycles. The number of hydrogen-bond acceptors (Lipinski definition) is 4. The zero-order valence-electron chi connectivity index (χ0n) is 14.2. The quantitative estimate of drug-likeness (QED) is 0.729. The molecule has 0 heterocycles. The van der Waals surface area contributed by atoms with Gasteiger partial charge in [0.15, 0.2) is 6.61 Å². The molecule has 2 aromatic rings. The number of carbonyl (C=O) groups is 3. The van der Waals surface area contributed by atoms with Gasteiger partial charge < -0.3 is 15.4 Å². The number of hydrogen-bond donors (Lipinski definition) is 2. The van der Waals surface area contributed by atoms with Gasteiger partial charge in [0.1, 0.15) is 6.54 Å². The van der Waals surface area contributed by atoms with Crippen molar-refractivity contribution in [3.8, 4) is 0 Å². The molecule has 0 aromatic heterocycles. The average molecular weight is 375 g/mol. The van der Waals surface area contributed by atoms with Gasteiger partial charge in [-0.3, -0.25) is 14.4 Å². The normalized spacial score (nSPS) is 11.3. The summed E-state index contributed by atoms with van der Waals surface area (Å²) in [6.07, 6.45) is 0. The van der Waals surface area contributed by atoms with Crippen molar-refractivity contribution in [1.82, 2.24) is 10.6 Å². The minimum Gasteiger partial charge on any atom is -0.454 e. The number of nitrogens with one attached hydrogen (secondary N) is 2. The van der Waals surface area contributed by atoms with Crippen LogP contribution in [-0.2, 0) is 14.3 Å². The molecule has 1 atom stereocenters. The highest BCUT2D eigenvalue weighted by Gasteiger charge is 2.13. The van der Waals surface area contributed by atoms with E-state index in [1.807, 2.05) is 37.3 Å². The lowest BCUT2D eigenvalue weighted by Gasteiger charge is -2.14. The summed E-state index contributed by atoms with van der Waals surface area (Å²) in [5.74, 6) is -1.55. The van der Waals surface area contributed by atoms with Gasteiger partial charge in [-0.2, -0.15) is 0 Å². The molecule has 0 spiro atoms. The van der Waals surface area contributed by atoms with Crippen molar-refractivity contribution in [3.05, 3.63) is 70.7 Å². The van der Waals surface area contributed by atoms with Gasteiger partial charge in [-0.15, -0.1) is 0 Å². The van der Waals surface area contributed by atoms with Gasteiger partial charge in [0, 0.05) is 10.6 Å². The topological polar surface area (TPSA) is 84.5 Å². The molecule has 0 saturated heterocycles. The molecule has 2 N–H and O–H groups in total. The summed E-state index contributed by atoms with van der Waals surface area (Å²) < 4.78 is 4.86. The van der Waals surface area contributed by atoms with Crippen LogP contribution in [0.2, 0.25) is 5.02 Å². The third-order valence-electron chi connectivity index (χ3n) is 3.54. The van der Waals surface area contributed by atoms with Crippen molar-refractivity contribution in [2.45, 2.75) is 13.0 Å². The van der Waals surface area contributed by atoms with E-state index >= 15 is 0 Å². The van der Waals surface area contributed by atoms with Crippen molar-refractivity contribution in [1.29, 1.82) is 0 Å². The molecule has 7 heteroatoms. The molecule has 2 rings (SSSR count). The van der Waals surface area contributed by atoms with E-state index in [4.69, 9.17) is 16.3 Å². The van der Waals surface area contributed by atoms with Crippen LogP contribution in [0.5, 0.6) is 0 Å². The van der Waals surface area contributed by atoms with Gasteiger partial charge in [0.05, 0.1) is 6.04 Å². The highest BCUT2D eigenvalue weighted by molar-refractivity contribution is 6.30. The van der Waals surface area contributed by atoms with E-state index in [1.54, 1.807) is 24.3 Å². The maximum atomic E-state index is 11.9. The summed E-state index contributed by atoms with van der Waals surface area (Å²) in [5, 5.41) is 5.66. The van der Waals surface area contributed by atoms with Crippen LogP contribution in [-0.4, -0.2) is 30.9 Å². The fourth-order valence-electron chi connectivity index (χ4n) is 2.16. The van der Waals surface area contributed by atoms with Gasteiger partial charge >= 0.3 is 5.97 Å². The first-order chi connectivity index (χ1) is 12.5. The number of benzene rings is 2. The second-order valence-corrected chi connectivity index (χ2v) is 5.99. The number of halogens is 1. The Labute approximate surface area is 156 Å². The fraction of sp³-hybridized carbons (Fsp3) is 0.211. The minimum absolute atomic E-state index is 0.202. The number of rotatable bonds is 7. The average Bonchev–Trinajstić information content (AvgIpc) is 2.65. The Hall–Kier alpha value is -2.86. The molecule has 6 nitrogen and oxygen atoms in total. The van der Waals surface area contributed by atoms with E-state index in [0.29, 0.717) is 10.6 Å². The van der Waals surface area contributed by atoms with Crippen molar-refractivity contribution in [2.24, 2.45) is 0 Å². The molecular formula is C19H19ClN2O4. The Morgan fingerprint density at radius 2 is 1.69 bits per heavy atom. The molecule has 2 amide bonds. The molecule has 1 unspecified atom stereocenters. The van der Waals surface area contributed by atoms with Crippen LogP contribution < -0.4 is 10.6 Å². The maximum Gasteiger partial charge on any atom is 0.325 e. The van der Waals surface area contributed by atoms with Crippen molar-refractivity contribution in [2.75, 3.05) is 13.2 Å². The van der Waals surface area contributed by atoms with Crippen molar-refractivity contribution in [3.63, 3.8) is 0 Å². The van der Waals surface area contributed by atoms with Gasteiger partial charge in [-0.1, -0.05) is 41.9 Å². The molecule has 0 aliphatic rings. The summed E-state index contributed by atoms with van der Waals surface area (Å²) in [4.78, 5) is 35.3. The predicted octanol–water partition coefficient (Wildman–Crippen LogP) is 2.49. The summed E-state index contributed by atoms with van der Waals surface area (Å²) in [7, 11) is 0. The molecule has 0 radical (unpaired) electrons. The van der Waals surface area contributed by atoms with Gasteiger partial charge in [0.25, 0.3) is 11.8 Å². The highest BCUT2D eigenvalue weighted by atomic mass is 35.5. The third-order valence-corrected chi connectivity index (χ3v) is 3.79. The fourth-order valence-corrected chi connectivity index (χ4v) is 2.29. The molecule has 0 aliphatic heterocycles. The number of ether oxygens (including phenoxy) is 1. The molecule has 0 saturated carbocycles. The first-order valence-corrected chi connectivity index (χ1v) is 8.37. The highest BCUT2D eigenvalue weighted by Crippen LogP contribution is 2.11. The van der Waals surface area contributed by atoms with E-state index in [-0.39, 0.29) is 12.6 Å². The largest absolute Gasteiger partial charge is 0.454 e. The molecule has 26 heavy (non-hydrogen) atoms. The Morgan fingerprint density at radius 1 is 1.04 bits per heavy atom. The first kappa shape index (κ1) is 19.5.